The molecule has 0 aliphatic heterocycles. The summed E-state index contributed by atoms with van der Waals surface area (Å²) in [5.41, 5.74) is 0.774. The Morgan fingerprint density at radius 3 is 2.50 bits per heavy atom. The highest BCUT2D eigenvalue weighted by Crippen LogP contribution is 2.16. The van der Waals surface area contributed by atoms with Crippen LogP contribution >= 0.6 is 11.6 Å². The van der Waals surface area contributed by atoms with E-state index in [4.69, 9.17) is 16.3 Å². The summed E-state index contributed by atoms with van der Waals surface area (Å²) in [6.07, 6.45) is 0.255. The molecule has 4 nitrogen and oxygen atoms in total. The van der Waals surface area contributed by atoms with Gasteiger partial charge in [0.2, 0.25) is 5.91 Å². The van der Waals surface area contributed by atoms with Crippen LogP contribution in [0.5, 0.6) is 5.75 Å². The van der Waals surface area contributed by atoms with Crippen molar-refractivity contribution in [1.82, 2.24) is 9.80 Å². The Bertz CT molecular complexity index is 707. The SMILES string of the molecule is CN(C)CCN(Cc1cccc(F)c1)C(=O)CCOc1ccc(Cl)cc1. The summed E-state index contributed by atoms with van der Waals surface area (Å²) < 4.78 is 19.0. The van der Waals surface area contributed by atoms with Crippen LogP contribution in [0.1, 0.15) is 12.0 Å². The van der Waals surface area contributed by atoms with Crippen LogP contribution in [0.25, 0.3) is 0 Å². The quantitative estimate of drug-likeness (QED) is 0.664. The van der Waals surface area contributed by atoms with Gasteiger partial charge in [0.25, 0.3) is 0 Å². The molecule has 26 heavy (non-hydrogen) atoms. The van der Waals surface area contributed by atoms with E-state index in [2.05, 4.69) is 0 Å². The molecule has 0 aliphatic carbocycles. The second kappa shape index (κ2) is 10.1. The summed E-state index contributed by atoms with van der Waals surface area (Å²) >= 11 is 5.84. The molecule has 2 aromatic carbocycles. The molecule has 6 heteroatoms. The third kappa shape index (κ3) is 7.02. The fourth-order valence-electron chi connectivity index (χ4n) is 2.41. The average Bonchev–Trinajstić information content (AvgIpc) is 2.60. The van der Waals surface area contributed by atoms with E-state index in [1.54, 1.807) is 35.2 Å². The van der Waals surface area contributed by atoms with Crippen LogP contribution in [-0.4, -0.2) is 49.5 Å². The molecule has 0 saturated carbocycles. The van der Waals surface area contributed by atoms with Crippen LogP contribution in [0.3, 0.4) is 0 Å². The van der Waals surface area contributed by atoms with E-state index in [0.717, 1.165) is 12.1 Å². The van der Waals surface area contributed by atoms with Gasteiger partial charge in [-0.15, -0.1) is 0 Å². The number of hydrogen-bond donors (Lipinski definition) is 0. The molecule has 0 N–H and O–H groups in total. The molecule has 2 rings (SSSR count). The van der Waals surface area contributed by atoms with E-state index in [0.29, 0.717) is 23.9 Å². The predicted molar refractivity (Wildman–Crippen MR) is 102 cm³/mol. The zero-order valence-electron chi connectivity index (χ0n) is 15.1. The van der Waals surface area contributed by atoms with Crippen molar-refractivity contribution >= 4 is 17.5 Å². The van der Waals surface area contributed by atoms with Crippen molar-refractivity contribution < 1.29 is 13.9 Å². The molecule has 0 heterocycles. The highest BCUT2D eigenvalue weighted by molar-refractivity contribution is 6.30. The van der Waals surface area contributed by atoms with Gasteiger partial charge in [0.05, 0.1) is 13.0 Å². The Kier molecular flexibility index (Phi) is 7.88. The number of rotatable bonds is 9. The number of hydrogen-bond acceptors (Lipinski definition) is 3. The standard InChI is InChI=1S/C20H24ClFN2O2/c1-23(2)11-12-24(15-16-4-3-5-18(22)14-16)20(25)10-13-26-19-8-6-17(21)7-9-19/h3-9,14H,10-13,15H2,1-2H3. The van der Waals surface area contributed by atoms with Crippen molar-refractivity contribution in [2.45, 2.75) is 13.0 Å². The van der Waals surface area contributed by atoms with Gasteiger partial charge in [0, 0.05) is 24.7 Å². The summed E-state index contributed by atoms with van der Waals surface area (Å²) in [7, 11) is 3.91. The van der Waals surface area contributed by atoms with Gasteiger partial charge in [-0.3, -0.25) is 4.79 Å². The maximum Gasteiger partial charge on any atom is 0.226 e. The van der Waals surface area contributed by atoms with Gasteiger partial charge in [0.15, 0.2) is 0 Å². The van der Waals surface area contributed by atoms with Crippen LogP contribution in [0.2, 0.25) is 5.02 Å². The van der Waals surface area contributed by atoms with Crippen molar-refractivity contribution in [2.24, 2.45) is 0 Å². The normalized spacial score (nSPS) is 10.8. The van der Waals surface area contributed by atoms with Gasteiger partial charge in [-0.1, -0.05) is 23.7 Å². The average molecular weight is 379 g/mol. The van der Waals surface area contributed by atoms with E-state index in [9.17, 15) is 9.18 Å². The molecule has 2 aromatic rings. The topological polar surface area (TPSA) is 32.8 Å². The fourth-order valence-corrected chi connectivity index (χ4v) is 2.54. The summed E-state index contributed by atoms with van der Waals surface area (Å²) in [6.45, 7) is 1.97. The molecule has 0 atom stereocenters. The van der Waals surface area contributed by atoms with Crippen LogP contribution < -0.4 is 4.74 Å². The number of ether oxygens (including phenoxy) is 1. The van der Waals surface area contributed by atoms with Crippen LogP contribution in [-0.2, 0) is 11.3 Å². The zero-order chi connectivity index (χ0) is 18.9. The molecule has 0 radical (unpaired) electrons. The highest BCUT2D eigenvalue weighted by atomic mass is 35.5. The molecule has 0 fully saturated rings. The minimum Gasteiger partial charge on any atom is -0.493 e. The summed E-state index contributed by atoms with van der Waals surface area (Å²) in [6, 6.07) is 13.4. The molecule has 0 saturated heterocycles. The Balaban J connectivity index is 1.92. The predicted octanol–water partition coefficient (Wildman–Crippen LogP) is 3.84. The van der Waals surface area contributed by atoms with Crippen LogP contribution in [0.15, 0.2) is 48.5 Å². The zero-order valence-corrected chi connectivity index (χ0v) is 15.9. The minimum atomic E-state index is -0.298. The van der Waals surface area contributed by atoms with E-state index >= 15 is 0 Å². The Morgan fingerprint density at radius 2 is 1.85 bits per heavy atom. The lowest BCUT2D eigenvalue weighted by Crippen LogP contribution is -2.36. The molecular weight excluding hydrogens is 355 g/mol. The molecule has 140 valence electrons. The van der Waals surface area contributed by atoms with Gasteiger partial charge >= 0.3 is 0 Å². The molecule has 0 spiro atoms. The second-order valence-corrected chi connectivity index (χ2v) is 6.74. The first-order valence-electron chi connectivity index (χ1n) is 8.49. The summed E-state index contributed by atoms with van der Waals surface area (Å²) in [5.74, 6) is 0.353. The Morgan fingerprint density at radius 1 is 1.12 bits per heavy atom. The lowest BCUT2D eigenvalue weighted by Gasteiger charge is -2.24. The second-order valence-electron chi connectivity index (χ2n) is 6.30. The number of carbonyl (C=O) groups excluding carboxylic acids is 1. The van der Waals surface area contributed by atoms with Crippen molar-refractivity contribution in [3.63, 3.8) is 0 Å². The van der Waals surface area contributed by atoms with Gasteiger partial charge in [-0.2, -0.15) is 0 Å². The molecule has 0 aromatic heterocycles. The van der Waals surface area contributed by atoms with Gasteiger partial charge in [0.1, 0.15) is 11.6 Å². The van der Waals surface area contributed by atoms with Gasteiger partial charge in [-0.25, -0.2) is 4.39 Å². The maximum absolute atomic E-state index is 13.4. The van der Waals surface area contributed by atoms with Crippen molar-refractivity contribution in [3.8, 4) is 5.75 Å². The Labute approximate surface area is 159 Å². The molecular formula is C20H24ClFN2O2. The molecule has 0 bridgehead atoms. The first-order valence-corrected chi connectivity index (χ1v) is 8.87. The van der Waals surface area contributed by atoms with E-state index in [-0.39, 0.29) is 24.8 Å². The smallest absolute Gasteiger partial charge is 0.226 e. The van der Waals surface area contributed by atoms with E-state index in [1.165, 1.54) is 12.1 Å². The number of benzene rings is 2. The van der Waals surface area contributed by atoms with Gasteiger partial charge in [-0.05, 0) is 56.1 Å². The molecule has 0 aliphatic rings. The first kappa shape index (κ1) is 20.2. The van der Waals surface area contributed by atoms with Crippen molar-refractivity contribution in [1.29, 1.82) is 0 Å². The van der Waals surface area contributed by atoms with Gasteiger partial charge < -0.3 is 14.5 Å². The number of likely N-dealkylation sites (N-methyl/N-ethyl adjacent to an activating group) is 1. The number of amides is 1. The van der Waals surface area contributed by atoms with Crippen LogP contribution in [0, 0.1) is 5.82 Å². The Hall–Kier alpha value is -2.11. The highest BCUT2D eigenvalue weighted by Gasteiger charge is 2.15. The monoisotopic (exact) mass is 378 g/mol. The molecule has 1 amide bonds. The fraction of sp³-hybridized carbons (Fsp3) is 0.350. The summed E-state index contributed by atoms with van der Waals surface area (Å²) in [4.78, 5) is 16.3. The summed E-state index contributed by atoms with van der Waals surface area (Å²) in [5, 5.41) is 0.637. The third-order valence-corrected chi connectivity index (χ3v) is 4.08. The van der Waals surface area contributed by atoms with Crippen molar-refractivity contribution in [3.05, 3.63) is 64.9 Å². The number of halogens is 2. The largest absolute Gasteiger partial charge is 0.493 e. The van der Waals surface area contributed by atoms with Crippen LogP contribution in [0.4, 0.5) is 4.39 Å². The lowest BCUT2D eigenvalue weighted by molar-refractivity contribution is -0.132. The third-order valence-electron chi connectivity index (χ3n) is 3.83. The molecule has 0 unspecified atom stereocenters. The van der Waals surface area contributed by atoms with E-state index < -0.39 is 0 Å². The minimum absolute atomic E-state index is 0.0231. The first-order chi connectivity index (χ1) is 12.4. The number of carbonyl (C=O) groups is 1. The van der Waals surface area contributed by atoms with Crippen molar-refractivity contribution in [2.75, 3.05) is 33.8 Å². The van der Waals surface area contributed by atoms with E-state index in [1.807, 2.05) is 25.1 Å². The lowest BCUT2D eigenvalue weighted by atomic mass is 10.2. The maximum atomic E-state index is 13.4. The number of nitrogens with zero attached hydrogens (tertiary/aromatic N) is 2.